The molecule has 5 nitrogen and oxygen atoms in total. The summed E-state index contributed by atoms with van der Waals surface area (Å²) in [6, 6.07) is 12.4. The van der Waals surface area contributed by atoms with E-state index in [9.17, 15) is 4.39 Å². The molecule has 1 aromatic carbocycles. The topological polar surface area (TPSA) is 46.6 Å². The third kappa shape index (κ3) is 4.61. The second kappa shape index (κ2) is 9.79. The van der Waals surface area contributed by atoms with E-state index in [0.717, 1.165) is 70.7 Å². The van der Waals surface area contributed by atoms with Gasteiger partial charge in [0.25, 0.3) is 0 Å². The number of pyridine rings is 1. The van der Waals surface area contributed by atoms with Gasteiger partial charge in [-0.3, -0.25) is 4.98 Å². The number of aromatic nitrogens is 1. The van der Waals surface area contributed by atoms with Crippen molar-refractivity contribution in [2.75, 3.05) is 31.3 Å². The van der Waals surface area contributed by atoms with Gasteiger partial charge in [0.15, 0.2) is 0 Å². The Bertz CT molecular complexity index is 996. The van der Waals surface area contributed by atoms with Gasteiger partial charge in [-0.25, -0.2) is 4.39 Å². The fourth-order valence-corrected chi connectivity index (χ4v) is 7.30. The van der Waals surface area contributed by atoms with Crippen LogP contribution in [0.4, 0.5) is 10.1 Å². The van der Waals surface area contributed by atoms with Gasteiger partial charge >= 0.3 is 0 Å². The molecule has 3 saturated heterocycles. The first-order valence-corrected chi connectivity index (χ1v) is 13.6. The molecule has 1 saturated carbocycles. The summed E-state index contributed by atoms with van der Waals surface area (Å²) in [5.74, 6) is -0.159. The van der Waals surface area contributed by atoms with Crippen LogP contribution in [-0.4, -0.2) is 49.0 Å². The maximum atomic E-state index is 14.3. The van der Waals surface area contributed by atoms with Gasteiger partial charge in [-0.1, -0.05) is 25.0 Å². The Morgan fingerprint density at radius 3 is 2.66 bits per heavy atom. The third-order valence-corrected chi connectivity index (χ3v) is 9.03. The van der Waals surface area contributed by atoms with Gasteiger partial charge in [-0.2, -0.15) is 0 Å². The fraction of sp³-hybridized carbons (Fsp3) is 0.621. The monoisotopic (exact) mass is 479 g/mol. The number of hydrogen-bond donors (Lipinski definition) is 1. The zero-order chi connectivity index (χ0) is 23.7. The smallest absolute Gasteiger partial charge is 0.125 e. The highest BCUT2D eigenvalue weighted by molar-refractivity contribution is 5.57. The van der Waals surface area contributed by atoms with Crippen molar-refractivity contribution in [3.63, 3.8) is 0 Å². The number of fused-ring (bicyclic) bond motifs is 2. The van der Waals surface area contributed by atoms with E-state index in [1.807, 2.05) is 18.3 Å². The largest absolute Gasteiger partial charge is 0.377 e. The minimum Gasteiger partial charge on any atom is -0.377 e. The molecule has 3 aliphatic heterocycles. The first-order valence-electron chi connectivity index (χ1n) is 13.6. The molecule has 1 aromatic heterocycles. The highest BCUT2D eigenvalue weighted by atomic mass is 19.1. The van der Waals surface area contributed by atoms with E-state index in [-0.39, 0.29) is 16.8 Å². The van der Waals surface area contributed by atoms with Crippen molar-refractivity contribution >= 4 is 5.69 Å². The molecule has 4 aliphatic rings. The molecule has 6 heteroatoms. The second-order valence-corrected chi connectivity index (χ2v) is 11.2. The van der Waals surface area contributed by atoms with Crippen molar-refractivity contribution in [2.45, 2.75) is 87.4 Å². The van der Waals surface area contributed by atoms with Gasteiger partial charge in [0.05, 0.1) is 30.9 Å². The lowest BCUT2D eigenvalue weighted by Crippen LogP contribution is -2.47. The molecular weight excluding hydrogens is 441 g/mol. The second-order valence-electron chi connectivity index (χ2n) is 11.2. The van der Waals surface area contributed by atoms with Crippen LogP contribution in [0.2, 0.25) is 0 Å². The van der Waals surface area contributed by atoms with Gasteiger partial charge in [-0.05, 0) is 81.3 Å². The lowest BCUT2D eigenvalue weighted by Gasteiger charge is -2.46. The van der Waals surface area contributed by atoms with E-state index in [1.165, 1.54) is 36.9 Å². The van der Waals surface area contributed by atoms with Gasteiger partial charge in [-0.15, -0.1) is 0 Å². The number of halogens is 1. The Balaban J connectivity index is 1.17. The highest BCUT2D eigenvalue weighted by Gasteiger charge is 2.48. The molecule has 188 valence electrons. The number of rotatable bonds is 7. The van der Waals surface area contributed by atoms with Gasteiger partial charge in [0, 0.05) is 36.1 Å². The number of ether oxygens (including phenoxy) is 2. The molecule has 0 radical (unpaired) electrons. The van der Waals surface area contributed by atoms with Crippen LogP contribution >= 0.6 is 0 Å². The number of benzene rings is 1. The van der Waals surface area contributed by atoms with Crippen molar-refractivity contribution in [1.29, 1.82) is 0 Å². The summed E-state index contributed by atoms with van der Waals surface area (Å²) in [4.78, 5) is 7.26. The minimum absolute atomic E-state index is 0.0372. The van der Waals surface area contributed by atoms with Crippen LogP contribution in [0.15, 0.2) is 42.6 Å². The summed E-state index contributed by atoms with van der Waals surface area (Å²) in [6.45, 7) is 3.96. The highest BCUT2D eigenvalue weighted by Crippen LogP contribution is 2.49. The Morgan fingerprint density at radius 2 is 1.89 bits per heavy atom. The van der Waals surface area contributed by atoms with Crippen LogP contribution < -0.4 is 10.2 Å². The van der Waals surface area contributed by atoms with Crippen LogP contribution in [0.5, 0.6) is 0 Å². The van der Waals surface area contributed by atoms with Crippen LogP contribution in [0.3, 0.4) is 0 Å². The van der Waals surface area contributed by atoms with E-state index < -0.39 is 0 Å². The molecule has 6 rings (SSSR count). The molecule has 2 unspecified atom stereocenters. The zero-order valence-corrected chi connectivity index (χ0v) is 20.7. The van der Waals surface area contributed by atoms with Crippen molar-refractivity contribution in [3.05, 3.63) is 59.7 Å². The molecule has 2 aromatic rings. The Kier molecular flexibility index (Phi) is 6.54. The quantitative estimate of drug-likeness (QED) is 0.558. The molecule has 0 amide bonds. The minimum atomic E-state index is -0.159. The first-order chi connectivity index (χ1) is 17.2. The van der Waals surface area contributed by atoms with Gasteiger partial charge < -0.3 is 19.7 Å². The van der Waals surface area contributed by atoms with Gasteiger partial charge in [0.1, 0.15) is 5.82 Å². The average Bonchev–Trinajstić information content (AvgIpc) is 3.43. The maximum absolute atomic E-state index is 14.3. The fourth-order valence-electron chi connectivity index (χ4n) is 7.30. The summed E-state index contributed by atoms with van der Waals surface area (Å²) in [5.41, 5.74) is 3.52. The molecule has 4 heterocycles. The Hall–Kier alpha value is -2.02. The standard InChI is InChI=1S/C29H38FN3O2/c30-23-7-6-22(26(17-23)33-24-8-9-25(33)20-34-19-24)18-31-15-12-28(27-5-1-4-14-32-27)13-16-35-29(21-28)10-2-3-11-29/h1,4-7,14,17,24-25,31H,2-3,8-13,15-16,18-21H2/t24?,25?,28-/m1/s1. The number of nitrogens with zero attached hydrogens (tertiary/aromatic N) is 2. The SMILES string of the molecule is Fc1ccc(CNCC[C@@]2(c3ccccn3)CCOC3(CCCC3)C2)c(N2C3CCC2COC3)c1. The van der Waals surface area contributed by atoms with E-state index in [1.54, 1.807) is 12.1 Å². The molecule has 3 atom stereocenters. The number of nitrogens with one attached hydrogen (secondary N) is 1. The Labute approximate surface area is 208 Å². The summed E-state index contributed by atoms with van der Waals surface area (Å²) in [6.07, 6.45) is 12.2. The predicted octanol–water partition coefficient (Wildman–Crippen LogP) is 5.13. The molecule has 1 aliphatic carbocycles. The van der Waals surface area contributed by atoms with Crippen molar-refractivity contribution in [3.8, 4) is 0 Å². The number of anilines is 1. The van der Waals surface area contributed by atoms with E-state index in [2.05, 4.69) is 22.3 Å². The summed E-state index contributed by atoms with van der Waals surface area (Å²) in [7, 11) is 0. The van der Waals surface area contributed by atoms with Crippen molar-refractivity contribution in [1.82, 2.24) is 10.3 Å². The van der Waals surface area contributed by atoms with Crippen LogP contribution in [0.1, 0.15) is 69.0 Å². The lowest BCUT2D eigenvalue weighted by molar-refractivity contribution is -0.104. The molecular formula is C29H38FN3O2. The molecule has 1 N–H and O–H groups in total. The molecule has 1 spiro atoms. The normalized spacial score (nSPS) is 29.7. The predicted molar refractivity (Wildman–Crippen MR) is 135 cm³/mol. The first kappa shape index (κ1) is 23.4. The van der Waals surface area contributed by atoms with Crippen LogP contribution in [-0.2, 0) is 21.4 Å². The molecule has 35 heavy (non-hydrogen) atoms. The van der Waals surface area contributed by atoms with Crippen molar-refractivity contribution in [2.24, 2.45) is 0 Å². The average molecular weight is 480 g/mol. The van der Waals surface area contributed by atoms with E-state index in [4.69, 9.17) is 14.5 Å². The lowest BCUT2D eigenvalue weighted by atomic mass is 9.68. The molecule has 4 fully saturated rings. The number of hydrogen-bond acceptors (Lipinski definition) is 5. The van der Waals surface area contributed by atoms with Crippen molar-refractivity contribution < 1.29 is 13.9 Å². The maximum Gasteiger partial charge on any atom is 0.125 e. The van der Waals surface area contributed by atoms with E-state index in [0.29, 0.717) is 12.1 Å². The van der Waals surface area contributed by atoms with Crippen LogP contribution in [0.25, 0.3) is 0 Å². The summed E-state index contributed by atoms with van der Waals surface area (Å²) >= 11 is 0. The van der Waals surface area contributed by atoms with E-state index >= 15 is 0 Å². The number of morpholine rings is 1. The third-order valence-electron chi connectivity index (χ3n) is 9.03. The summed E-state index contributed by atoms with van der Waals surface area (Å²) < 4.78 is 26.5. The Morgan fingerprint density at radius 1 is 1.06 bits per heavy atom. The molecule has 2 bridgehead atoms. The van der Waals surface area contributed by atoms with Crippen LogP contribution in [0, 0.1) is 5.82 Å². The summed E-state index contributed by atoms with van der Waals surface area (Å²) in [5, 5.41) is 3.72. The zero-order valence-electron chi connectivity index (χ0n) is 20.7. The van der Waals surface area contributed by atoms with Gasteiger partial charge in [0.2, 0.25) is 0 Å².